The van der Waals surface area contributed by atoms with Crippen LogP contribution in [0, 0.1) is 20.8 Å². The fourth-order valence-electron chi connectivity index (χ4n) is 2.80. The molecule has 24 heavy (non-hydrogen) atoms. The van der Waals surface area contributed by atoms with E-state index in [-0.39, 0.29) is 12.4 Å². The Bertz CT molecular complexity index is 774. The molecule has 0 amide bonds. The number of aromatic nitrogens is 1. The largest absolute Gasteiger partial charge is 0.485 e. The van der Waals surface area contributed by atoms with Gasteiger partial charge in [0.2, 0.25) is 5.78 Å². The maximum atomic E-state index is 12.6. The minimum atomic E-state index is -0.417. The molecule has 0 saturated heterocycles. The van der Waals surface area contributed by atoms with Gasteiger partial charge in [0, 0.05) is 18.3 Å². The van der Waals surface area contributed by atoms with Gasteiger partial charge in [0.25, 0.3) is 0 Å². The van der Waals surface area contributed by atoms with Gasteiger partial charge in [0.05, 0.1) is 6.61 Å². The van der Waals surface area contributed by atoms with Crippen LogP contribution in [0.5, 0.6) is 5.75 Å². The standard InChI is InChI=1S/C19H23NO4/c1-6-23-19(22)18-13(3)17(14(4)20(18)5)16(21)11-24-15-9-7-8-12(2)10-15/h7-10H,6,11H2,1-5H3. The first-order valence-electron chi connectivity index (χ1n) is 7.92. The Hall–Kier alpha value is -2.56. The quantitative estimate of drug-likeness (QED) is 0.602. The molecule has 0 fully saturated rings. The molecule has 0 unspecified atom stereocenters. The van der Waals surface area contributed by atoms with E-state index in [0.29, 0.717) is 29.2 Å². The lowest BCUT2D eigenvalue weighted by Crippen LogP contribution is -2.13. The number of Topliss-reactive ketones (excluding diaryl/α,β-unsaturated/α-hetero) is 1. The number of rotatable bonds is 6. The monoisotopic (exact) mass is 329 g/mol. The highest BCUT2D eigenvalue weighted by Gasteiger charge is 2.25. The molecule has 0 radical (unpaired) electrons. The molecule has 0 aliphatic rings. The van der Waals surface area contributed by atoms with Gasteiger partial charge in [-0.05, 0) is 51.0 Å². The maximum Gasteiger partial charge on any atom is 0.355 e. The molecule has 1 heterocycles. The third-order valence-electron chi connectivity index (χ3n) is 4.04. The molecule has 5 nitrogen and oxygen atoms in total. The second-order valence-electron chi connectivity index (χ2n) is 5.74. The van der Waals surface area contributed by atoms with Gasteiger partial charge in [-0.2, -0.15) is 0 Å². The summed E-state index contributed by atoms with van der Waals surface area (Å²) < 4.78 is 12.4. The van der Waals surface area contributed by atoms with Crippen LogP contribution in [0.2, 0.25) is 0 Å². The molecule has 0 atom stereocenters. The van der Waals surface area contributed by atoms with Crippen LogP contribution in [-0.4, -0.2) is 29.5 Å². The Morgan fingerprint density at radius 2 is 1.88 bits per heavy atom. The van der Waals surface area contributed by atoms with Gasteiger partial charge >= 0.3 is 5.97 Å². The lowest BCUT2D eigenvalue weighted by Gasteiger charge is -2.07. The predicted octanol–water partition coefficient (Wildman–Crippen LogP) is 3.39. The van der Waals surface area contributed by atoms with Crippen LogP contribution in [0.3, 0.4) is 0 Å². The number of carbonyl (C=O) groups excluding carboxylic acids is 2. The summed E-state index contributed by atoms with van der Waals surface area (Å²) in [5, 5.41) is 0. The third-order valence-corrected chi connectivity index (χ3v) is 4.04. The first-order valence-corrected chi connectivity index (χ1v) is 7.92. The Morgan fingerprint density at radius 1 is 1.17 bits per heavy atom. The van der Waals surface area contributed by atoms with Gasteiger partial charge in [-0.25, -0.2) is 4.79 Å². The Morgan fingerprint density at radius 3 is 2.50 bits per heavy atom. The summed E-state index contributed by atoms with van der Waals surface area (Å²) >= 11 is 0. The maximum absolute atomic E-state index is 12.6. The van der Waals surface area contributed by atoms with E-state index >= 15 is 0 Å². The lowest BCUT2D eigenvalue weighted by molar-refractivity contribution is 0.0514. The van der Waals surface area contributed by atoms with E-state index in [1.165, 1.54) is 0 Å². The van der Waals surface area contributed by atoms with E-state index in [4.69, 9.17) is 9.47 Å². The number of benzene rings is 1. The number of aryl methyl sites for hydroxylation is 1. The average Bonchev–Trinajstić information content (AvgIpc) is 2.75. The molecule has 0 aliphatic carbocycles. The number of hydrogen-bond acceptors (Lipinski definition) is 4. The van der Waals surface area contributed by atoms with Crippen LogP contribution < -0.4 is 4.74 Å². The number of hydrogen-bond donors (Lipinski definition) is 0. The zero-order valence-corrected chi connectivity index (χ0v) is 14.8. The second-order valence-corrected chi connectivity index (χ2v) is 5.74. The van der Waals surface area contributed by atoms with Crippen molar-refractivity contribution < 1.29 is 19.1 Å². The first kappa shape index (κ1) is 17.8. The summed E-state index contributed by atoms with van der Waals surface area (Å²) in [6.45, 7) is 7.52. The Labute approximate surface area is 142 Å². The molecule has 0 aliphatic heterocycles. The van der Waals surface area contributed by atoms with Crippen molar-refractivity contribution in [1.82, 2.24) is 4.57 Å². The molecule has 1 aromatic heterocycles. The van der Waals surface area contributed by atoms with Crippen LogP contribution in [0.25, 0.3) is 0 Å². The molecule has 5 heteroatoms. The molecule has 2 aromatic rings. The Kier molecular flexibility index (Phi) is 5.44. The van der Waals surface area contributed by atoms with Crippen LogP contribution in [0.1, 0.15) is 44.6 Å². The smallest absolute Gasteiger partial charge is 0.355 e. The molecule has 0 saturated carbocycles. The van der Waals surface area contributed by atoms with Crippen molar-refractivity contribution in [2.24, 2.45) is 7.05 Å². The summed E-state index contributed by atoms with van der Waals surface area (Å²) in [5.41, 5.74) is 3.36. The Balaban J connectivity index is 2.23. The summed E-state index contributed by atoms with van der Waals surface area (Å²) in [7, 11) is 1.76. The average molecular weight is 329 g/mol. The second kappa shape index (κ2) is 7.34. The molecule has 0 N–H and O–H groups in total. The molecule has 128 valence electrons. The van der Waals surface area contributed by atoms with Gasteiger partial charge < -0.3 is 14.0 Å². The van der Waals surface area contributed by atoms with Gasteiger partial charge in [-0.1, -0.05) is 12.1 Å². The zero-order valence-electron chi connectivity index (χ0n) is 14.8. The molecule has 1 aromatic carbocycles. The predicted molar refractivity (Wildman–Crippen MR) is 91.8 cm³/mol. The molecular formula is C19H23NO4. The van der Waals surface area contributed by atoms with Gasteiger partial charge in [-0.3, -0.25) is 4.79 Å². The van der Waals surface area contributed by atoms with E-state index in [1.807, 2.05) is 38.1 Å². The molecule has 0 spiro atoms. The number of ketones is 1. The zero-order chi connectivity index (χ0) is 17.9. The van der Waals surface area contributed by atoms with Crippen molar-refractivity contribution >= 4 is 11.8 Å². The van der Waals surface area contributed by atoms with Crippen molar-refractivity contribution in [3.8, 4) is 5.75 Å². The fourth-order valence-corrected chi connectivity index (χ4v) is 2.80. The van der Waals surface area contributed by atoms with Crippen molar-refractivity contribution in [2.45, 2.75) is 27.7 Å². The van der Waals surface area contributed by atoms with E-state index in [9.17, 15) is 9.59 Å². The lowest BCUT2D eigenvalue weighted by atomic mass is 10.1. The van der Waals surface area contributed by atoms with E-state index in [1.54, 1.807) is 25.5 Å². The van der Waals surface area contributed by atoms with Crippen molar-refractivity contribution in [1.29, 1.82) is 0 Å². The van der Waals surface area contributed by atoms with Gasteiger partial charge in [0.1, 0.15) is 11.4 Å². The molecule has 0 bridgehead atoms. The third kappa shape index (κ3) is 3.50. The summed E-state index contributed by atoms with van der Waals surface area (Å²) in [6.07, 6.45) is 0. The summed E-state index contributed by atoms with van der Waals surface area (Å²) in [6, 6.07) is 7.54. The highest BCUT2D eigenvalue weighted by molar-refractivity contribution is 6.03. The SMILES string of the molecule is CCOC(=O)c1c(C)c(C(=O)COc2cccc(C)c2)c(C)n1C. The van der Waals surface area contributed by atoms with E-state index in [2.05, 4.69) is 0 Å². The fraction of sp³-hybridized carbons (Fsp3) is 0.368. The number of carbonyl (C=O) groups is 2. The number of ether oxygens (including phenoxy) is 2. The van der Waals surface area contributed by atoms with Crippen LogP contribution >= 0.6 is 0 Å². The summed E-state index contributed by atoms with van der Waals surface area (Å²) in [4.78, 5) is 24.7. The van der Waals surface area contributed by atoms with E-state index < -0.39 is 5.97 Å². The first-order chi connectivity index (χ1) is 11.4. The number of esters is 1. The van der Waals surface area contributed by atoms with Gasteiger partial charge in [-0.15, -0.1) is 0 Å². The minimum Gasteiger partial charge on any atom is -0.485 e. The van der Waals surface area contributed by atoms with Crippen molar-refractivity contribution in [3.05, 3.63) is 52.3 Å². The van der Waals surface area contributed by atoms with E-state index in [0.717, 1.165) is 11.3 Å². The van der Waals surface area contributed by atoms with Crippen LogP contribution in [0.4, 0.5) is 0 Å². The van der Waals surface area contributed by atoms with Crippen LogP contribution in [0.15, 0.2) is 24.3 Å². The number of nitrogens with zero attached hydrogens (tertiary/aromatic N) is 1. The highest BCUT2D eigenvalue weighted by atomic mass is 16.5. The van der Waals surface area contributed by atoms with Gasteiger partial charge in [0.15, 0.2) is 6.61 Å². The molecular weight excluding hydrogens is 306 g/mol. The molecule has 2 rings (SSSR count). The normalized spacial score (nSPS) is 10.5. The minimum absolute atomic E-state index is 0.0720. The topological polar surface area (TPSA) is 57.5 Å². The van der Waals surface area contributed by atoms with Crippen molar-refractivity contribution in [3.63, 3.8) is 0 Å². The highest BCUT2D eigenvalue weighted by Crippen LogP contribution is 2.23. The summed E-state index contributed by atoms with van der Waals surface area (Å²) in [5.74, 6) is 0.0807. The van der Waals surface area contributed by atoms with Crippen molar-refractivity contribution in [2.75, 3.05) is 13.2 Å². The van der Waals surface area contributed by atoms with Crippen LogP contribution in [-0.2, 0) is 11.8 Å².